The number of hydrogen-bond acceptors (Lipinski definition) is 7. The lowest BCUT2D eigenvalue weighted by Gasteiger charge is -2.29. The lowest BCUT2D eigenvalue weighted by atomic mass is 10.0. The Hall–Kier alpha value is -3.89. The molecule has 2 aromatic rings. The summed E-state index contributed by atoms with van der Waals surface area (Å²) in [6.07, 6.45) is 5.16. The Labute approximate surface area is 258 Å². The molecule has 2 heterocycles. The molecule has 0 saturated heterocycles. The molecule has 11 nitrogen and oxygen atoms in total. The fourth-order valence-electron chi connectivity index (χ4n) is 5.11. The van der Waals surface area contributed by atoms with Crippen molar-refractivity contribution in [3.05, 3.63) is 63.4 Å². The van der Waals surface area contributed by atoms with Gasteiger partial charge in [0.2, 0.25) is 5.91 Å². The largest absolute Gasteiger partial charge is 0.485 e. The van der Waals surface area contributed by atoms with Gasteiger partial charge in [0, 0.05) is 43.6 Å². The molecule has 0 aliphatic carbocycles. The van der Waals surface area contributed by atoms with Gasteiger partial charge in [0.25, 0.3) is 0 Å². The first kappa shape index (κ1) is 34.6. The van der Waals surface area contributed by atoms with Crippen molar-refractivity contribution in [2.24, 2.45) is 5.11 Å². The zero-order chi connectivity index (χ0) is 32.1. The highest BCUT2D eigenvalue weighted by Crippen LogP contribution is 2.31. The van der Waals surface area contributed by atoms with Crippen LogP contribution in [0.25, 0.3) is 10.4 Å². The molecule has 240 valence electrons. The molecular weight excluding hydrogens is 567 g/mol. The molecule has 2 N–H and O–H groups in total. The number of ether oxygens (including phenoxy) is 2. The number of rotatable bonds is 18. The molecule has 0 radical (unpaired) electrons. The van der Waals surface area contributed by atoms with Crippen molar-refractivity contribution in [2.45, 2.75) is 96.3 Å². The monoisotopic (exact) mass is 612 g/mol. The number of nitrogens with one attached hydrogen (secondary N) is 1. The van der Waals surface area contributed by atoms with E-state index in [1.54, 1.807) is 13.1 Å². The van der Waals surface area contributed by atoms with E-state index in [1.165, 1.54) is 22.6 Å². The summed E-state index contributed by atoms with van der Waals surface area (Å²) in [7, 11) is 1.56. The topological polar surface area (TPSA) is 150 Å². The van der Waals surface area contributed by atoms with E-state index in [2.05, 4.69) is 21.4 Å². The van der Waals surface area contributed by atoms with Crippen molar-refractivity contribution in [3.8, 4) is 5.75 Å². The average molecular weight is 613 g/mol. The third-order valence-corrected chi connectivity index (χ3v) is 7.79. The van der Waals surface area contributed by atoms with Crippen molar-refractivity contribution in [3.63, 3.8) is 0 Å². The number of anilines is 1. The standard InChI is InChI=1S/C32H45FN6O5/c1-22(15-18-36-38-34)43-19-16-32(2,3)44-28-14-12-24(20-26(28)33)27(21-30(41)42)39(4)29(40)10-6-5-9-25-13-11-23-8-7-17-35-31(23)37-25/h11-14,20,22,27H,5-10,15-19,21H2,1-4H3,(H,35,37)(H,41,42)/t22?,27-/m0/s1. The SMILES string of the molecule is CC(CCN=[N+]=[N-])OCCC(C)(C)Oc1ccc([C@H](CC(=O)O)N(C)C(=O)CCCCc2ccc3c(n2)NCCC3)cc1F. The van der Waals surface area contributed by atoms with Crippen molar-refractivity contribution in [1.29, 1.82) is 0 Å². The van der Waals surface area contributed by atoms with Crippen LogP contribution >= 0.6 is 0 Å². The van der Waals surface area contributed by atoms with Crippen LogP contribution in [0, 0.1) is 5.82 Å². The number of benzene rings is 1. The maximum absolute atomic E-state index is 15.2. The molecule has 1 amide bonds. The number of azide groups is 1. The Kier molecular flexibility index (Phi) is 13.2. The molecule has 0 saturated carbocycles. The van der Waals surface area contributed by atoms with E-state index < -0.39 is 23.4 Å². The lowest BCUT2D eigenvalue weighted by molar-refractivity contribution is -0.140. The summed E-state index contributed by atoms with van der Waals surface area (Å²) in [4.78, 5) is 33.6. The van der Waals surface area contributed by atoms with Crippen molar-refractivity contribution >= 4 is 17.7 Å². The number of aliphatic carboxylic acids is 1. The van der Waals surface area contributed by atoms with Crippen LogP contribution in [0.3, 0.4) is 0 Å². The summed E-state index contributed by atoms with van der Waals surface area (Å²) in [6, 6.07) is 7.65. The second-order valence-electron chi connectivity index (χ2n) is 11.9. The van der Waals surface area contributed by atoms with Gasteiger partial charge in [0.05, 0.1) is 25.2 Å². The quantitative estimate of drug-likeness (QED) is 0.0831. The molecule has 2 atom stereocenters. The predicted molar refractivity (Wildman–Crippen MR) is 166 cm³/mol. The van der Waals surface area contributed by atoms with E-state index in [0.29, 0.717) is 38.0 Å². The van der Waals surface area contributed by atoms with Gasteiger partial charge in [-0.05, 0) is 94.2 Å². The van der Waals surface area contributed by atoms with Crippen LogP contribution in [-0.4, -0.2) is 65.3 Å². The van der Waals surface area contributed by atoms with Gasteiger partial charge < -0.3 is 24.8 Å². The van der Waals surface area contributed by atoms with Crippen LogP contribution in [0.15, 0.2) is 35.4 Å². The minimum atomic E-state index is -1.09. The highest BCUT2D eigenvalue weighted by atomic mass is 19.1. The highest BCUT2D eigenvalue weighted by molar-refractivity contribution is 5.77. The smallest absolute Gasteiger partial charge is 0.305 e. The summed E-state index contributed by atoms with van der Waals surface area (Å²) in [5.74, 6) is -0.942. The Bertz CT molecular complexity index is 1320. The van der Waals surface area contributed by atoms with Gasteiger partial charge >= 0.3 is 5.97 Å². The van der Waals surface area contributed by atoms with E-state index in [9.17, 15) is 14.7 Å². The molecule has 3 rings (SSSR count). The molecule has 1 unspecified atom stereocenters. The van der Waals surface area contributed by atoms with Gasteiger partial charge in [0.15, 0.2) is 11.6 Å². The minimum absolute atomic E-state index is 0.0317. The number of aryl methyl sites for hydroxylation is 2. The number of pyridine rings is 1. The van der Waals surface area contributed by atoms with Gasteiger partial charge in [-0.3, -0.25) is 9.59 Å². The molecule has 0 spiro atoms. The fraction of sp³-hybridized carbons (Fsp3) is 0.594. The number of amides is 1. The lowest BCUT2D eigenvalue weighted by Crippen LogP contribution is -2.33. The molecule has 0 fully saturated rings. The Morgan fingerprint density at radius 1 is 1.27 bits per heavy atom. The number of unbranched alkanes of at least 4 members (excludes halogenated alkanes) is 1. The summed E-state index contributed by atoms with van der Waals surface area (Å²) >= 11 is 0. The number of carboxylic acids is 1. The van der Waals surface area contributed by atoms with E-state index in [1.807, 2.05) is 26.8 Å². The van der Waals surface area contributed by atoms with Crippen molar-refractivity contribution in [2.75, 3.05) is 32.1 Å². The van der Waals surface area contributed by atoms with Gasteiger partial charge in [-0.2, -0.15) is 0 Å². The third-order valence-electron chi connectivity index (χ3n) is 7.79. The number of fused-ring (bicyclic) bond motifs is 1. The third kappa shape index (κ3) is 11.0. The van der Waals surface area contributed by atoms with Crippen LogP contribution in [0.2, 0.25) is 0 Å². The average Bonchev–Trinajstić information content (AvgIpc) is 2.98. The Balaban J connectivity index is 1.54. The number of halogens is 1. The van der Waals surface area contributed by atoms with Crippen molar-refractivity contribution in [1.82, 2.24) is 9.88 Å². The maximum atomic E-state index is 15.2. The first-order valence-electron chi connectivity index (χ1n) is 15.3. The Morgan fingerprint density at radius 2 is 2.07 bits per heavy atom. The first-order valence-corrected chi connectivity index (χ1v) is 15.3. The fourth-order valence-corrected chi connectivity index (χ4v) is 5.11. The number of carbonyl (C=O) groups is 2. The molecular formula is C32H45FN6O5. The summed E-state index contributed by atoms with van der Waals surface area (Å²) < 4.78 is 26.9. The number of nitrogens with zero attached hydrogens (tertiary/aromatic N) is 5. The Morgan fingerprint density at radius 3 is 2.80 bits per heavy atom. The van der Waals surface area contributed by atoms with E-state index in [4.69, 9.17) is 20.0 Å². The molecule has 12 heteroatoms. The van der Waals surface area contributed by atoms with Crippen LogP contribution in [0.1, 0.15) is 88.6 Å². The van der Waals surface area contributed by atoms with Crippen LogP contribution in [-0.2, 0) is 27.2 Å². The molecule has 1 aromatic carbocycles. The minimum Gasteiger partial charge on any atom is -0.485 e. The van der Waals surface area contributed by atoms with Gasteiger partial charge in [0.1, 0.15) is 11.4 Å². The number of carboxylic acid groups (broad SMARTS) is 1. The van der Waals surface area contributed by atoms with Crippen LogP contribution in [0.4, 0.5) is 10.2 Å². The zero-order valence-corrected chi connectivity index (χ0v) is 26.2. The number of carbonyl (C=O) groups excluding carboxylic acids is 1. The van der Waals surface area contributed by atoms with Crippen LogP contribution < -0.4 is 10.1 Å². The molecule has 0 bridgehead atoms. The molecule has 44 heavy (non-hydrogen) atoms. The van der Waals surface area contributed by atoms with E-state index in [0.717, 1.165) is 43.7 Å². The van der Waals surface area contributed by atoms with E-state index in [-0.39, 0.29) is 30.6 Å². The first-order chi connectivity index (χ1) is 21.0. The molecule has 1 aromatic heterocycles. The predicted octanol–water partition coefficient (Wildman–Crippen LogP) is 6.62. The molecule has 1 aliphatic rings. The van der Waals surface area contributed by atoms with E-state index >= 15 is 4.39 Å². The maximum Gasteiger partial charge on any atom is 0.305 e. The van der Waals surface area contributed by atoms with Crippen molar-refractivity contribution < 1.29 is 28.6 Å². The second-order valence-corrected chi connectivity index (χ2v) is 11.9. The zero-order valence-electron chi connectivity index (χ0n) is 26.2. The highest BCUT2D eigenvalue weighted by Gasteiger charge is 2.27. The summed E-state index contributed by atoms with van der Waals surface area (Å²) in [5.41, 5.74) is 10.2. The normalized spacial score (nSPS) is 14.0. The summed E-state index contributed by atoms with van der Waals surface area (Å²) in [6.45, 7) is 7.19. The molecule has 1 aliphatic heterocycles. The van der Waals surface area contributed by atoms with Gasteiger partial charge in [-0.25, -0.2) is 9.37 Å². The second kappa shape index (κ2) is 16.8. The summed E-state index contributed by atoms with van der Waals surface area (Å²) in [5, 5.41) is 16.4. The number of aromatic nitrogens is 1. The van der Waals surface area contributed by atoms with Crippen LogP contribution in [0.5, 0.6) is 5.75 Å². The number of hydrogen-bond donors (Lipinski definition) is 2. The van der Waals surface area contributed by atoms with Gasteiger partial charge in [-0.1, -0.05) is 17.2 Å². The van der Waals surface area contributed by atoms with Gasteiger partial charge in [-0.15, -0.1) is 0 Å².